The maximum absolute atomic E-state index is 9.56. The second-order valence-corrected chi connectivity index (χ2v) is 4.75. The van der Waals surface area contributed by atoms with Crippen molar-refractivity contribution in [1.29, 1.82) is 5.26 Å². The number of nitrogens with zero attached hydrogens (tertiary/aromatic N) is 2. The van der Waals surface area contributed by atoms with Gasteiger partial charge in [0.15, 0.2) is 0 Å². The number of hydrogen-bond acceptors (Lipinski definition) is 3. The molecule has 2 aromatic rings. The van der Waals surface area contributed by atoms with Crippen LogP contribution in [0.15, 0.2) is 42.5 Å². The van der Waals surface area contributed by atoms with Gasteiger partial charge in [-0.15, -0.1) is 0 Å². The first-order chi connectivity index (χ1) is 9.40. The van der Waals surface area contributed by atoms with Crippen LogP contribution in [0.2, 0.25) is 0 Å². The Morgan fingerprint density at radius 1 is 1.05 bits per heavy atom. The molecule has 3 rings (SSSR count). The summed E-state index contributed by atoms with van der Waals surface area (Å²) in [5, 5.41) is 11.9. The molecule has 0 saturated carbocycles. The summed E-state index contributed by atoms with van der Waals surface area (Å²) in [6.45, 7) is 3.06. The monoisotopic (exact) mass is 252 g/mol. The molecule has 96 valence electrons. The van der Waals surface area contributed by atoms with Crippen LogP contribution >= 0.6 is 0 Å². The van der Waals surface area contributed by atoms with E-state index in [1.807, 2.05) is 18.2 Å². The van der Waals surface area contributed by atoms with E-state index in [1.54, 1.807) is 0 Å². The van der Waals surface area contributed by atoms with E-state index >= 15 is 0 Å². The van der Waals surface area contributed by atoms with Gasteiger partial charge in [-0.3, -0.25) is 4.90 Å². The molecule has 0 amide bonds. The topological polar surface area (TPSA) is 36.3 Å². The van der Waals surface area contributed by atoms with E-state index in [1.165, 1.54) is 10.8 Å². The third-order valence-electron chi connectivity index (χ3n) is 3.65. The van der Waals surface area contributed by atoms with Gasteiger partial charge in [-0.25, -0.2) is 0 Å². The first-order valence-electron chi connectivity index (χ1n) is 6.59. The zero-order chi connectivity index (χ0) is 13.1. The summed E-state index contributed by atoms with van der Waals surface area (Å²) in [5.41, 5.74) is 1.10. The number of morpholine rings is 1. The molecule has 1 saturated heterocycles. The fraction of sp³-hybridized carbons (Fsp3) is 0.312. The zero-order valence-corrected chi connectivity index (χ0v) is 10.7. The summed E-state index contributed by atoms with van der Waals surface area (Å²) in [5.74, 6) is 0. The average molecular weight is 252 g/mol. The minimum absolute atomic E-state index is 0.185. The molecule has 1 fully saturated rings. The van der Waals surface area contributed by atoms with Crippen molar-refractivity contribution in [1.82, 2.24) is 4.90 Å². The highest BCUT2D eigenvalue weighted by Gasteiger charge is 2.23. The van der Waals surface area contributed by atoms with Gasteiger partial charge in [0.1, 0.15) is 6.04 Å². The number of rotatable bonds is 2. The molecule has 1 aliphatic rings. The Kier molecular flexibility index (Phi) is 3.45. The van der Waals surface area contributed by atoms with Gasteiger partial charge in [0.05, 0.1) is 19.3 Å². The first kappa shape index (κ1) is 12.2. The fourth-order valence-electron chi connectivity index (χ4n) is 2.67. The highest BCUT2D eigenvalue weighted by molar-refractivity contribution is 5.86. The lowest BCUT2D eigenvalue weighted by molar-refractivity contribution is 0.0268. The number of nitriles is 1. The van der Waals surface area contributed by atoms with Gasteiger partial charge in [0.25, 0.3) is 0 Å². The third-order valence-corrected chi connectivity index (χ3v) is 3.65. The summed E-state index contributed by atoms with van der Waals surface area (Å²) in [6, 6.07) is 16.7. The highest BCUT2D eigenvalue weighted by Crippen LogP contribution is 2.28. The Hall–Kier alpha value is -1.89. The summed E-state index contributed by atoms with van der Waals surface area (Å²) in [4.78, 5) is 2.20. The van der Waals surface area contributed by atoms with Gasteiger partial charge in [-0.1, -0.05) is 42.5 Å². The number of benzene rings is 2. The van der Waals surface area contributed by atoms with E-state index < -0.39 is 0 Å². The number of fused-ring (bicyclic) bond motifs is 1. The predicted octanol–water partition coefficient (Wildman–Crippen LogP) is 2.74. The molecule has 1 heterocycles. The predicted molar refractivity (Wildman–Crippen MR) is 74.7 cm³/mol. The minimum Gasteiger partial charge on any atom is -0.379 e. The van der Waals surface area contributed by atoms with Crippen LogP contribution in [0.4, 0.5) is 0 Å². The summed E-state index contributed by atoms with van der Waals surface area (Å²) in [6.07, 6.45) is 0. The molecular weight excluding hydrogens is 236 g/mol. The maximum Gasteiger partial charge on any atom is 0.124 e. The molecule has 3 heteroatoms. The van der Waals surface area contributed by atoms with E-state index in [-0.39, 0.29) is 6.04 Å². The van der Waals surface area contributed by atoms with Crippen LogP contribution in [0, 0.1) is 11.3 Å². The van der Waals surface area contributed by atoms with Crippen molar-refractivity contribution >= 4 is 10.8 Å². The Bertz CT molecular complexity index is 606. The van der Waals surface area contributed by atoms with Crippen LogP contribution in [-0.4, -0.2) is 31.2 Å². The quantitative estimate of drug-likeness (QED) is 0.824. The summed E-state index contributed by atoms with van der Waals surface area (Å²) >= 11 is 0. The van der Waals surface area contributed by atoms with E-state index in [4.69, 9.17) is 4.74 Å². The van der Waals surface area contributed by atoms with Crippen molar-refractivity contribution in [3.63, 3.8) is 0 Å². The lowest BCUT2D eigenvalue weighted by Gasteiger charge is -2.31. The van der Waals surface area contributed by atoms with Gasteiger partial charge in [-0.05, 0) is 16.3 Å². The largest absolute Gasteiger partial charge is 0.379 e. The molecule has 0 spiro atoms. The van der Waals surface area contributed by atoms with Gasteiger partial charge in [-0.2, -0.15) is 5.26 Å². The van der Waals surface area contributed by atoms with Crippen molar-refractivity contribution in [3.05, 3.63) is 48.0 Å². The molecule has 3 nitrogen and oxygen atoms in total. The normalized spacial score (nSPS) is 18.1. The Balaban J connectivity index is 2.04. The van der Waals surface area contributed by atoms with Gasteiger partial charge in [0, 0.05) is 13.1 Å². The van der Waals surface area contributed by atoms with E-state index in [9.17, 15) is 5.26 Å². The van der Waals surface area contributed by atoms with E-state index in [0.717, 1.165) is 18.7 Å². The van der Waals surface area contributed by atoms with Crippen LogP contribution in [0.3, 0.4) is 0 Å². The Morgan fingerprint density at radius 2 is 1.79 bits per heavy atom. The molecule has 1 aliphatic heterocycles. The number of hydrogen-bond donors (Lipinski definition) is 0. The van der Waals surface area contributed by atoms with Crippen LogP contribution in [0.25, 0.3) is 10.8 Å². The smallest absolute Gasteiger partial charge is 0.124 e. The second kappa shape index (κ2) is 5.40. The summed E-state index contributed by atoms with van der Waals surface area (Å²) in [7, 11) is 0. The lowest BCUT2D eigenvalue weighted by atomic mass is 9.98. The maximum atomic E-state index is 9.56. The SMILES string of the molecule is N#C[C@@H](c1cccc2ccccc12)N1CCOCC1. The van der Waals surface area contributed by atoms with Crippen LogP contribution in [0.5, 0.6) is 0 Å². The molecule has 19 heavy (non-hydrogen) atoms. The van der Waals surface area contributed by atoms with Crippen molar-refractivity contribution in [3.8, 4) is 6.07 Å². The van der Waals surface area contributed by atoms with Crippen LogP contribution in [-0.2, 0) is 4.74 Å². The first-order valence-corrected chi connectivity index (χ1v) is 6.59. The standard InChI is InChI=1S/C16H16N2O/c17-12-16(18-8-10-19-11-9-18)15-7-3-5-13-4-1-2-6-14(13)15/h1-7,16H,8-11H2/t16-/m0/s1. The number of ether oxygens (including phenoxy) is 1. The van der Waals surface area contributed by atoms with Gasteiger partial charge < -0.3 is 4.74 Å². The lowest BCUT2D eigenvalue weighted by Crippen LogP contribution is -2.38. The molecule has 2 aromatic carbocycles. The molecule has 0 radical (unpaired) electrons. The average Bonchev–Trinajstić information content (AvgIpc) is 2.49. The Labute approximate surface area is 113 Å². The van der Waals surface area contributed by atoms with Crippen molar-refractivity contribution in [2.24, 2.45) is 0 Å². The highest BCUT2D eigenvalue weighted by atomic mass is 16.5. The second-order valence-electron chi connectivity index (χ2n) is 4.75. The van der Waals surface area contributed by atoms with Gasteiger partial charge in [0.2, 0.25) is 0 Å². The molecule has 0 unspecified atom stereocenters. The van der Waals surface area contributed by atoms with E-state index in [0.29, 0.717) is 13.2 Å². The van der Waals surface area contributed by atoms with Crippen molar-refractivity contribution < 1.29 is 4.74 Å². The van der Waals surface area contributed by atoms with E-state index in [2.05, 4.69) is 35.2 Å². The molecule has 1 atom stereocenters. The zero-order valence-electron chi connectivity index (χ0n) is 10.7. The van der Waals surface area contributed by atoms with Crippen molar-refractivity contribution in [2.75, 3.05) is 26.3 Å². The fourth-order valence-corrected chi connectivity index (χ4v) is 2.67. The third kappa shape index (κ3) is 2.33. The van der Waals surface area contributed by atoms with Crippen LogP contribution < -0.4 is 0 Å². The van der Waals surface area contributed by atoms with Crippen molar-refractivity contribution in [2.45, 2.75) is 6.04 Å². The molecule has 0 aliphatic carbocycles. The minimum atomic E-state index is -0.185. The molecule has 0 bridgehead atoms. The molecule has 0 aromatic heterocycles. The Morgan fingerprint density at radius 3 is 2.58 bits per heavy atom. The van der Waals surface area contributed by atoms with Crippen LogP contribution in [0.1, 0.15) is 11.6 Å². The van der Waals surface area contributed by atoms with Gasteiger partial charge >= 0.3 is 0 Å². The summed E-state index contributed by atoms with van der Waals surface area (Å²) < 4.78 is 5.37. The molecular formula is C16H16N2O. The molecule has 0 N–H and O–H groups in total.